The van der Waals surface area contributed by atoms with Gasteiger partial charge in [-0.1, -0.05) is 19.8 Å². The fourth-order valence-corrected chi connectivity index (χ4v) is 6.21. The van der Waals surface area contributed by atoms with Crippen LogP contribution < -0.4 is 5.32 Å². The normalized spacial score (nSPS) is 19.0. The van der Waals surface area contributed by atoms with Gasteiger partial charge < -0.3 is 5.32 Å². The number of carbonyl (C=O) groups excluding carboxylic acids is 1. The number of carbonyl (C=O) groups is 1. The molecule has 27 heavy (non-hydrogen) atoms. The number of nitrogens with one attached hydrogen (secondary N) is 1. The number of aromatic nitrogens is 1. The maximum Gasteiger partial charge on any atom is 0.240 e. The van der Waals surface area contributed by atoms with Crippen molar-refractivity contribution in [3.63, 3.8) is 0 Å². The van der Waals surface area contributed by atoms with Crippen LogP contribution in [0.5, 0.6) is 0 Å². The van der Waals surface area contributed by atoms with E-state index in [2.05, 4.69) is 17.2 Å². The Morgan fingerprint density at radius 3 is 2.59 bits per heavy atom. The van der Waals surface area contributed by atoms with Crippen LogP contribution in [0.3, 0.4) is 0 Å². The number of anilines is 1. The maximum atomic E-state index is 12.3. The fraction of sp³-hybridized carbons (Fsp3) is 0.778. The van der Waals surface area contributed by atoms with Gasteiger partial charge in [0.15, 0.2) is 5.13 Å². The Morgan fingerprint density at radius 1 is 1.15 bits per heavy atom. The molecule has 0 unspecified atom stereocenters. The molecule has 1 aliphatic heterocycles. The highest BCUT2D eigenvalue weighted by molar-refractivity contribution is 7.89. The molecule has 2 heterocycles. The molecule has 0 atom stereocenters. The molecule has 0 spiro atoms. The molecule has 0 aromatic carbocycles. The molecule has 0 bridgehead atoms. The molecule has 1 aromatic heterocycles. The Morgan fingerprint density at radius 2 is 1.89 bits per heavy atom. The van der Waals surface area contributed by atoms with E-state index < -0.39 is 10.0 Å². The van der Waals surface area contributed by atoms with Gasteiger partial charge in [-0.15, -0.1) is 11.3 Å². The van der Waals surface area contributed by atoms with Gasteiger partial charge >= 0.3 is 0 Å². The number of unbranched alkanes of at least 4 members (excludes halogenated alkanes) is 2. The summed E-state index contributed by atoms with van der Waals surface area (Å²) >= 11 is 1.59. The second-order valence-electron chi connectivity index (χ2n) is 7.34. The van der Waals surface area contributed by atoms with Crippen LogP contribution >= 0.6 is 11.3 Å². The molecule has 3 rings (SSSR count). The summed E-state index contributed by atoms with van der Waals surface area (Å²) in [7, 11) is -3.16. The Hall–Kier alpha value is -1.03. The van der Waals surface area contributed by atoms with Crippen molar-refractivity contribution in [2.75, 3.05) is 43.8 Å². The third-order valence-corrected chi connectivity index (χ3v) is 8.22. The van der Waals surface area contributed by atoms with Gasteiger partial charge in [0.25, 0.3) is 0 Å². The van der Waals surface area contributed by atoms with Gasteiger partial charge in [-0.2, -0.15) is 4.31 Å². The van der Waals surface area contributed by atoms with E-state index >= 15 is 0 Å². The number of thiazole rings is 1. The van der Waals surface area contributed by atoms with Crippen molar-refractivity contribution in [3.8, 4) is 0 Å². The van der Waals surface area contributed by atoms with Crippen LogP contribution in [0, 0.1) is 0 Å². The van der Waals surface area contributed by atoms with Gasteiger partial charge in [-0.3, -0.25) is 9.69 Å². The van der Waals surface area contributed by atoms with Gasteiger partial charge in [0.2, 0.25) is 15.9 Å². The largest absolute Gasteiger partial charge is 0.301 e. The average Bonchev–Trinajstić information content (AvgIpc) is 3.04. The summed E-state index contributed by atoms with van der Waals surface area (Å²) in [6.45, 7) is 4.47. The van der Waals surface area contributed by atoms with E-state index in [1.165, 1.54) is 17.7 Å². The summed E-state index contributed by atoms with van der Waals surface area (Å²) < 4.78 is 26.3. The van der Waals surface area contributed by atoms with Gasteiger partial charge in [0.1, 0.15) is 0 Å². The second kappa shape index (κ2) is 9.45. The zero-order valence-corrected chi connectivity index (χ0v) is 17.7. The zero-order valence-electron chi connectivity index (χ0n) is 16.1. The van der Waals surface area contributed by atoms with E-state index in [1.54, 1.807) is 15.6 Å². The number of aryl methyl sites for hydroxylation is 2. The summed E-state index contributed by atoms with van der Waals surface area (Å²) in [6.07, 6.45) is 7.14. The smallest absolute Gasteiger partial charge is 0.240 e. The van der Waals surface area contributed by atoms with Crippen LogP contribution in [0.4, 0.5) is 5.13 Å². The predicted molar refractivity (Wildman–Crippen MR) is 109 cm³/mol. The summed E-state index contributed by atoms with van der Waals surface area (Å²) in [5.74, 6) is 0.163. The maximum absolute atomic E-state index is 12.3. The molecule has 0 radical (unpaired) electrons. The Balaban J connectivity index is 1.43. The first-order valence-corrected chi connectivity index (χ1v) is 12.4. The van der Waals surface area contributed by atoms with Gasteiger partial charge in [0.05, 0.1) is 18.0 Å². The van der Waals surface area contributed by atoms with Crippen molar-refractivity contribution in [1.29, 1.82) is 0 Å². The van der Waals surface area contributed by atoms with Crippen molar-refractivity contribution in [1.82, 2.24) is 14.2 Å². The number of hydrogen-bond acceptors (Lipinski definition) is 6. The number of sulfonamides is 1. The standard InChI is InChI=1S/C18H30N4O3S2/c1-2-3-6-13-27(24,25)22-11-9-21(10-12-22)14-17(23)20-18-19-15-7-4-5-8-16(15)26-18/h2-14H2,1H3,(H,19,20,23). The molecule has 1 amide bonds. The third kappa shape index (κ3) is 5.73. The van der Waals surface area contributed by atoms with Crippen LogP contribution in [0.25, 0.3) is 0 Å². The lowest BCUT2D eigenvalue weighted by Gasteiger charge is -2.33. The highest BCUT2D eigenvalue weighted by Crippen LogP contribution is 2.29. The highest BCUT2D eigenvalue weighted by Gasteiger charge is 2.27. The van der Waals surface area contributed by atoms with E-state index in [9.17, 15) is 13.2 Å². The molecular formula is C18H30N4O3S2. The first-order valence-electron chi connectivity index (χ1n) is 9.96. The molecular weight excluding hydrogens is 384 g/mol. The quantitative estimate of drug-likeness (QED) is 0.659. The van der Waals surface area contributed by atoms with Crippen LogP contribution in [-0.2, 0) is 27.7 Å². The molecule has 152 valence electrons. The lowest BCUT2D eigenvalue weighted by Crippen LogP contribution is -2.50. The molecule has 1 saturated heterocycles. The molecule has 1 aromatic rings. The lowest BCUT2D eigenvalue weighted by molar-refractivity contribution is -0.117. The van der Waals surface area contributed by atoms with Crippen LogP contribution in [0.15, 0.2) is 0 Å². The van der Waals surface area contributed by atoms with Crippen molar-refractivity contribution in [2.24, 2.45) is 0 Å². The van der Waals surface area contributed by atoms with Crippen LogP contribution in [0.1, 0.15) is 49.6 Å². The molecule has 1 fully saturated rings. The number of hydrogen-bond donors (Lipinski definition) is 1. The lowest BCUT2D eigenvalue weighted by atomic mass is 10.0. The van der Waals surface area contributed by atoms with Gasteiger partial charge in [-0.25, -0.2) is 13.4 Å². The minimum atomic E-state index is -3.16. The SMILES string of the molecule is CCCCCS(=O)(=O)N1CCN(CC(=O)Nc2nc3c(s2)CCCC3)CC1. The molecule has 2 aliphatic rings. The zero-order chi connectivity index (χ0) is 19.3. The van der Waals surface area contributed by atoms with E-state index in [-0.39, 0.29) is 18.2 Å². The predicted octanol–water partition coefficient (Wildman–Crippen LogP) is 2.10. The highest BCUT2D eigenvalue weighted by atomic mass is 32.2. The van der Waals surface area contributed by atoms with Crippen molar-refractivity contribution < 1.29 is 13.2 Å². The minimum absolute atomic E-state index is 0.0691. The fourth-order valence-electron chi connectivity index (χ4n) is 3.60. The molecule has 9 heteroatoms. The van der Waals surface area contributed by atoms with Crippen molar-refractivity contribution in [2.45, 2.75) is 51.9 Å². The van der Waals surface area contributed by atoms with Crippen LogP contribution in [-0.4, -0.2) is 67.0 Å². The summed E-state index contributed by atoms with van der Waals surface area (Å²) in [6, 6.07) is 0. The molecule has 1 aliphatic carbocycles. The van der Waals surface area contributed by atoms with Crippen molar-refractivity contribution >= 4 is 32.4 Å². The number of rotatable bonds is 8. The van der Waals surface area contributed by atoms with Gasteiger partial charge in [0, 0.05) is 31.1 Å². The van der Waals surface area contributed by atoms with E-state index in [1.807, 2.05) is 4.90 Å². The summed E-state index contributed by atoms with van der Waals surface area (Å²) in [5.41, 5.74) is 1.14. The summed E-state index contributed by atoms with van der Waals surface area (Å²) in [5, 5.41) is 3.62. The topological polar surface area (TPSA) is 82.6 Å². The first kappa shape index (κ1) is 20.7. The summed E-state index contributed by atoms with van der Waals surface area (Å²) in [4.78, 5) is 20.2. The minimum Gasteiger partial charge on any atom is -0.301 e. The average molecular weight is 415 g/mol. The van der Waals surface area contributed by atoms with Gasteiger partial charge in [-0.05, 0) is 32.1 Å². The number of amides is 1. The third-order valence-electron chi connectivity index (χ3n) is 5.19. The number of fused-ring (bicyclic) bond motifs is 1. The second-order valence-corrected chi connectivity index (χ2v) is 10.5. The van der Waals surface area contributed by atoms with E-state index in [0.29, 0.717) is 31.3 Å². The van der Waals surface area contributed by atoms with Crippen molar-refractivity contribution in [3.05, 3.63) is 10.6 Å². The Labute approximate surface area is 166 Å². The molecule has 1 N–H and O–H groups in total. The number of piperazine rings is 1. The Kier molecular flexibility index (Phi) is 7.24. The molecule has 7 nitrogen and oxygen atoms in total. The number of nitrogens with zero attached hydrogens (tertiary/aromatic N) is 3. The monoisotopic (exact) mass is 414 g/mol. The van der Waals surface area contributed by atoms with Crippen LogP contribution in [0.2, 0.25) is 0 Å². The Bertz CT molecular complexity index is 716. The molecule has 0 saturated carbocycles. The van der Waals surface area contributed by atoms with E-state index in [4.69, 9.17) is 0 Å². The van der Waals surface area contributed by atoms with E-state index in [0.717, 1.165) is 37.8 Å². The first-order chi connectivity index (χ1) is 13.0.